The Balaban J connectivity index is 1.99. The average Bonchev–Trinajstić information content (AvgIpc) is 2.96. The highest BCUT2D eigenvalue weighted by molar-refractivity contribution is 6.32. The Morgan fingerprint density at radius 3 is 2.38 bits per heavy atom. The molecule has 0 bridgehead atoms. The monoisotopic (exact) mass is 296 g/mol. The summed E-state index contributed by atoms with van der Waals surface area (Å²) in [4.78, 5) is 39.4. The standard InChI is InChI=1S/C15H24N2O4/c1-3-21-15(20)14(19)17-8-4-5-12(17)13(18)16-9-6-11(2)7-10-16/h11-12H,3-10H2,1-2H3/t12-/m0/s1. The molecule has 2 amide bonds. The van der Waals surface area contributed by atoms with Crippen LogP contribution in [0, 0.1) is 5.92 Å². The van der Waals surface area contributed by atoms with E-state index < -0.39 is 17.9 Å². The summed E-state index contributed by atoms with van der Waals surface area (Å²) in [6.07, 6.45) is 3.40. The number of carbonyl (C=O) groups is 3. The first kappa shape index (κ1) is 15.8. The van der Waals surface area contributed by atoms with E-state index in [1.807, 2.05) is 4.90 Å². The fourth-order valence-corrected chi connectivity index (χ4v) is 3.02. The largest absolute Gasteiger partial charge is 0.459 e. The Hall–Kier alpha value is -1.59. The molecule has 0 aromatic heterocycles. The molecule has 2 aliphatic heterocycles. The van der Waals surface area contributed by atoms with Gasteiger partial charge in [0, 0.05) is 19.6 Å². The van der Waals surface area contributed by atoms with E-state index in [-0.39, 0.29) is 12.5 Å². The lowest BCUT2D eigenvalue weighted by Gasteiger charge is -2.34. The maximum absolute atomic E-state index is 12.6. The van der Waals surface area contributed by atoms with Gasteiger partial charge in [-0.2, -0.15) is 0 Å². The third-order valence-electron chi connectivity index (χ3n) is 4.34. The van der Waals surface area contributed by atoms with Crippen LogP contribution in [0.25, 0.3) is 0 Å². The zero-order chi connectivity index (χ0) is 15.4. The minimum Gasteiger partial charge on any atom is -0.459 e. The normalized spacial score (nSPS) is 23.2. The molecule has 0 aliphatic carbocycles. The Morgan fingerprint density at radius 1 is 1.10 bits per heavy atom. The quantitative estimate of drug-likeness (QED) is 0.558. The van der Waals surface area contributed by atoms with Gasteiger partial charge >= 0.3 is 11.9 Å². The number of ether oxygens (including phenoxy) is 1. The van der Waals surface area contributed by atoms with E-state index in [9.17, 15) is 14.4 Å². The SMILES string of the molecule is CCOC(=O)C(=O)N1CCC[C@H]1C(=O)N1CCC(C)CC1. The van der Waals surface area contributed by atoms with Crippen molar-refractivity contribution in [2.24, 2.45) is 5.92 Å². The Morgan fingerprint density at radius 2 is 1.76 bits per heavy atom. The van der Waals surface area contributed by atoms with Gasteiger partial charge in [-0.1, -0.05) is 6.92 Å². The maximum Gasteiger partial charge on any atom is 0.397 e. The molecule has 6 heteroatoms. The van der Waals surface area contributed by atoms with E-state index in [0.29, 0.717) is 18.9 Å². The second-order valence-electron chi connectivity index (χ2n) is 5.88. The van der Waals surface area contributed by atoms with Crippen LogP contribution >= 0.6 is 0 Å². The van der Waals surface area contributed by atoms with Crippen LogP contribution in [0.3, 0.4) is 0 Å². The van der Waals surface area contributed by atoms with E-state index in [1.165, 1.54) is 4.90 Å². The lowest BCUT2D eigenvalue weighted by atomic mass is 9.98. The van der Waals surface area contributed by atoms with Crippen molar-refractivity contribution in [1.29, 1.82) is 0 Å². The van der Waals surface area contributed by atoms with E-state index in [4.69, 9.17) is 4.74 Å². The van der Waals surface area contributed by atoms with Gasteiger partial charge in [-0.15, -0.1) is 0 Å². The van der Waals surface area contributed by atoms with Crippen LogP contribution in [0.2, 0.25) is 0 Å². The van der Waals surface area contributed by atoms with Crippen molar-refractivity contribution in [3.63, 3.8) is 0 Å². The van der Waals surface area contributed by atoms with Gasteiger partial charge in [0.1, 0.15) is 6.04 Å². The Kier molecular flexibility index (Phi) is 5.20. The number of esters is 1. The molecule has 2 saturated heterocycles. The highest BCUT2D eigenvalue weighted by atomic mass is 16.5. The predicted octanol–water partition coefficient (Wildman–Crippen LogP) is 0.799. The molecule has 0 spiro atoms. The van der Waals surface area contributed by atoms with Gasteiger partial charge < -0.3 is 14.5 Å². The molecule has 0 aromatic carbocycles. The summed E-state index contributed by atoms with van der Waals surface area (Å²) >= 11 is 0. The molecule has 0 unspecified atom stereocenters. The second kappa shape index (κ2) is 6.91. The van der Waals surface area contributed by atoms with E-state index in [2.05, 4.69) is 6.92 Å². The first-order valence-corrected chi connectivity index (χ1v) is 7.81. The van der Waals surface area contributed by atoms with Crippen molar-refractivity contribution in [2.75, 3.05) is 26.2 Å². The topological polar surface area (TPSA) is 66.9 Å². The number of nitrogens with zero attached hydrogens (tertiary/aromatic N) is 2. The van der Waals surface area contributed by atoms with Crippen LogP contribution in [-0.2, 0) is 19.1 Å². The first-order valence-electron chi connectivity index (χ1n) is 7.81. The van der Waals surface area contributed by atoms with Gasteiger partial charge in [-0.25, -0.2) is 4.79 Å². The van der Waals surface area contributed by atoms with E-state index in [0.717, 1.165) is 32.4 Å². The highest BCUT2D eigenvalue weighted by Gasteiger charge is 2.39. The molecular weight excluding hydrogens is 272 g/mol. The van der Waals surface area contributed by atoms with Gasteiger partial charge in [0.15, 0.2) is 0 Å². The Bertz CT molecular complexity index is 416. The van der Waals surface area contributed by atoms with Crippen LogP contribution in [-0.4, -0.2) is 59.9 Å². The van der Waals surface area contributed by atoms with E-state index in [1.54, 1.807) is 6.92 Å². The number of piperidine rings is 1. The lowest BCUT2D eigenvalue weighted by Crippen LogP contribution is -2.51. The number of likely N-dealkylation sites (tertiary alicyclic amines) is 2. The smallest absolute Gasteiger partial charge is 0.397 e. The van der Waals surface area contributed by atoms with Crippen LogP contribution in [0.4, 0.5) is 0 Å². The fraction of sp³-hybridized carbons (Fsp3) is 0.800. The van der Waals surface area contributed by atoms with Crippen LogP contribution in [0.5, 0.6) is 0 Å². The molecule has 6 nitrogen and oxygen atoms in total. The number of hydrogen-bond donors (Lipinski definition) is 0. The molecule has 2 heterocycles. The van der Waals surface area contributed by atoms with Crippen LogP contribution in [0.15, 0.2) is 0 Å². The summed E-state index contributed by atoms with van der Waals surface area (Å²) in [7, 11) is 0. The molecule has 2 rings (SSSR count). The highest BCUT2D eigenvalue weighted by Crippen LogP contribution is 2.23. The number of hydrogen-bond acceptors (Lipinski definition) is 4. The lowest BCUT2D eigenvalue weighted by molar-refractivity contribution is -0.161. The second-order valence-corrected chi connectivity index (χ2v) is 5.88. The summed E-state index contributed by atoms with van der Waals surface area (Å²) < 4.78 is 4.75. The van der Waals surface area contributed by atoms with Gasteiger partial charge in [0.25, 0.3) is 0 Å². The third kappa shape index (κ3) is 3.54. The summed E-state index contributed by atoms with van der Waals surface area (Å²) in [5.41, 5.74) is 0. The minimum absolute atomic E-state index is 0.0166. The van der Waals surface area contributed by atoms with Crippen molar-refractivity contribution >= 4 is 17.8 Å². The molecule has 1 atom stereocenters. The van der Waals surface area contributed by atoms with Gasteiger partial charge in [0.05, 0.1) is 6.61 Å². The maximum atomic E-state index is 12.6. The molecule has 21 heavy (non-hydrogen) atoms. The zero-order valence-electron chi connectivity index (χ0n) is 12.8. The average molecular weight is 296 g/mol. The molecule has 118 valence electrons. The summed E-state index contributed by atoms with van der Waals surface area (Å²) in [5, 5.41) is 0. The van der Waals surface area contributed by atoms with Gasteiger partial charge in [0.2, 0.25) is 5.91 Å². The van der Waals surface area contributed by atoms with Crippen molar-refractivity contribution in [2.45, 2.75) is 45.6 Å². The van der Waals surface area contributed by atoms with Gasteiger partial charge in [-0.3, -0.25) is 9.59 Å². The molecule has 0 N–H and O–H groups in total. The van der Waals surface area contributed by atoms with Gasteiger partial charge in [-0.05, 0) is 38.5 Å². The number of carbonyl (C=O) groups excluding carboxylic acids is 3. The molecule has 2 aliphatic rings. The molecule has 0 radical (unpaired) electrons. The van der Waals surface area contributed by atoms with Crippen molar-refractivity contribution in [1.82, 2.24) is 9.80 Å². The fourth-order valence-electron chi connectivity index (χ4n) is 3.02. The van der Waals surface area contributed by atoms with Crippen LogP contribution < -0.4 is 0 Å². The van der Waals surface area contributed by atoms with Crippen molar-refractivity contribution in [3.8, 4) is 0 Å². The summed E-state index contributed by atoms with van der Waals surface area (Å²) in [6, 6.07) is -0.490. The molecule has 0 saturated carbocycles. The third-order valence-corrected chi connectivity index (χ3v) is 4.34. The minimum atomic E-state index is -0.857. The summed E-state index contributed by atoms with van der Waals surface area (Å²) in [5.74, 6) is -0.908. The zero-order valence-corrected chi connectivity index (χ0v) is 12.8. The molecular formula is C15H24N2O4. The Labute approximate surface area is 125 Å². The van der Waals surface area contributed by atoms with Crippen molar-refractivity contribution in [3.05, 3.63) is 0 Å². The number of rotatable bonds is 2. The molecule has 0 aromatic rings. The van der Waals surface area contributed by atoms with E-state index >= 15 is 0 Å². The first-order chi connectivity index (χ1) is 10.0. The number of amides is 2. The van der Waals surface area contributed by atoms with Crippen molar-refractivity contribution < 1.29 is 19.1 Å². The predicted molar refractivity (Wildman–Crippen MR) is 76.3 cm³/mol. The van der Waals surface area contributed by atoms with Crippen LogP contribution in [0.1, 0.15) is 39.5 Å². The summed E-state index contributed by atoms with van der Waals surface area (Å²) in [6.45, 7) is 5.97. The molecule has 2 fully saturated rings.